The molecule has 0 aliphatic rings. The van der Waals surface area contributed by atoms with E-state index in [1.807, 2.05) is 0 Å². The van der Waals surface area contributed by atoms with Crippen molar-refractivity contribution in [2.45, 2.75) is 10.9 Å². The minimum absolute atomic E-state index is 0.0702. The third-order valence-corrected chi connectivity index (χ3v) is 4.51. The van der Waals surface area contributed by atoms with Crippen LogP contribution >= 0.6 is 23.1 Å². The number of amides is 1. The summed E-state index contributed by atoms with van der Waals surface area (Å²) in [6, 6.07) is 8.12. The fourth-order valence-electron chi connectivity index (χ4n) is 1.59. The molecule has 110 valence electrons. The smallest absolute Gasteiger partial charge is 0.331 e. The molecule has 4 nitrogen and oxygen atoms in total. The SMILES string of the molecule is O=C(CSc1ccc(F)cc1)NC(C(=O)O)c1cccs1. The lowest BCUT2D eigenvalue weighted by molar-refractivity contribution is -0.141. The molecule has 1 atom stereocenters. The molecule has 1 aromatic heterocycles. The van der Waals surface area contributed by atoms with Gasteiger partial charge in [0, 0.05) is 9.77 Å². The maximum absolute atomic E-state index is 12.8. The molecule has 1 heterocycles. The van der Waals surface area contributed by atoms with Gasteiger partial charge in [-0.2, -0.15) is 0 Å². The summed E-state index contributed by atoms with van der Waals surface area (Å²) in [5.74, 6) is -1.75. The van der Waals surface area contributed by atoms with Crippen LogP contribution in [0.4, 0.5) is 4.39 Å². The van der Waals surface area contributed by atoms with Crippen LogP contribution in [0.1, 0.15) is 10.9 Å². The van der Waals surface area contributed by atoms with Crippen molar-refractivity contribution in [3.05, 3.63) is 52.5 Å². The summed E-state index contributed by atoms with van der Waals surface area (Å²) in [6.07, 6.45) is 0. The number of benzene rings is 1. The van der Waals surface area contributed by atoms with E-state index in [1.165, 1.54) is 35.2 Å². The summed E-state index contributed by atoms with van der Waals surface area (Å²) >= 11 is 2.49. The number of carboxylic acid groups (broad SMARTS) is 1. The number of halogens is 1. The Morgan fingerprint density at radius 3 is 2.57 bits per heavy atom. The van der Waals surface area contributed by atoms with Gasteiger partial charge in [-0.1, -0.05) is 6.07 Å². The highest BCUT2D eigenvalue weighted by molar-refractivity contribution is 8.00. The first-order valence-corrected chi connectivity index (χ1v) is 7.87. The highest BCUT2D eigenvalue weighted by atomic mass is 32.2. The topological polar surface area (TPSA) is 66.4 Å². The first-order chi connectivity index (χ1) is 10.1. The van der Waals surface area contributed by atoms with Crippen LogP contribution in [-0.2, 0) is 9.59 Å². The Kier molecular flexibility index (Phi) is 5.35. The summed E-state index contributed by atoms with van der Waals surface area (Å²) < 4.78 is 12.8. The van der Waals surface area contributed by atoms with Gasteiger partial charge in [0.05, 0.1) is 5.75 Å². The van der Waals surface area contributed by atoms with Crippen LogP contribution in [0.15, 0.2) is 46.7 Å². The van der Waals surface area contributed by atoms with Crippen LogP contribution in [0.5, 0.6) is 0 Å². The number of aliphatic carboxylic acids is 1. The zero-order chi connectivity index (χ0) is 15.2. The summed E-state index contributed by atoms with van der Waals surface area (Å²) in [4.78, 5) is 24.3. The monoisotopic (exact) mass is 325 g/mol. The van der Waals surface area contributed by atoms with Gasteiger partial charge < -0.3 is 10.4 Å². The second-order valence-corrected chi connectivity index (χ2v) is 6.12. The number of hydrogen-bond donors (Lipinski definition) is 2. The van der Waals surface area contributed by atoms with E-state index in [0.717, 1.165) is 4.90 Å². The van der Waals surface area contributed by atoms with E-state index < -0.39 is 12.0 Å². The van der Waals surface area contributed by atoms with Crippen molar-refractivity contribution in [3.8, 4) is 0 Å². The van der Waals surface area contributed by atoms with Crippen LogP contribution in [0.3, 0.4) is 0 Å². The number of rotatable bonds is 6. The van der Waals surface area contributed by atoms with Crippen LogP contribution < -0.4 is 5.32 Å². The molecule has 2 rings (SSSR count). The Morgan fingerprint density at radius 2 is 2.00 bits per heavy atom. The third kappa shape index (κ3) is 4.57. The van der Waals surface area contributed by atoms with Crippen molar-refractivity contribution in [3.63, 3.8) is 0 Å². The number of hydrogen-bond acceptors (Lipinski definition) is 4. The molecule has 0 saturated heterocycles. The lowest BCUT2D eigenvalue weighted by Gasteiger charge is -2.12. The van der Waals surface area contributed by atoms with E-state index in [2.05, 4.69) is 5.32 Å². The zero-order valence-corrected chi connectivity index (χ0v) is 12.4. The van der Waals surface area contributed by atoms with Gasteiger partial charge >= 0.3 is 5.97 Å². The Bertz CT molecular complexity index is 614. The second-order valence-electron chi connectivity index (χ2n) is 4.10. The Morgan fingerprint density at radius 1 is 1.29 bits per heavy atom. The molecule has 1 unspecified atom stereocenters. The molecule has 0 aliphatic carbocycles. The molecule has 0 fully saturated rings. The largest absolute Gasteiger partial charge is 0.479 e. The number of nitrogens with one attached hydrogen (secondary N) is 1. The molecule has 2 aromatic rings. The molecule has 1 aromatic carbocycles. The number of carbonyl (C=O) groups excluding carboxylic acids is 1. The molecule has 1 amide bonds. The van der Waals surface area contributed by atoms with E-state index >= 15 is 0 Å². The molecule has 7 heteroatoms. The van der Waals surface area contributed by atoms with Crippen LogP contribution in [0.2, 0.25) is 0 Å². The molecule has 0 radical (unpaired) electrons. The predicted molar refractivity (Wildman–Crippen MR) is 80.0 cm³/mol. The summed E-state index contributed by atoms with van der Waals surface area (Å²) in [6.45, 7) is 0. The average molecular weight is 325 g/mol. The molecular formula is C14H12FNO3S2. The first kappa shape index (κ1) is 15.5. The van der Waals surface area contributed by atoms with Crippen molar-refractivity contribution in [1.82, 2.24) is 5.32 Å². The third-order valence-electron chi connectivity index (χ3n) is 2.56. The molecule has 0 saturated carbocycles. The van der Waals surface area contributed by atoms with Gasteiger partial charge in [-0.25, -0.2) is 9.18 Å². The highest BCUT2D eigenvalue weighted by Gasteiger charge is 2.22. The van der Waals surface area contributed by atoms with E-state index in [4.69, 9.17) is 5.11 Å². The van der Waals surface area contributed by atoms with Crippen LogP contribution in [0, 0.1) is 5.82 Å². The molecule has 21 heavy (non-hydrogen) atoms. The lowest BCUT2D eigenvalue weighted by Crippen LogP contribution is -2.34. The normalized spacial score (nSPS) is 11.9. The Labute approximate surface area is 129 Å². The molecule has 0 bridgehead atoms. The van der Waals surface area contributed by atoms with E-state index in [-0.39, 0.29) is 17.5 Å². The van der Waals surface area contributed by atoms with Crippen molar-refractivity contribution < 1.29 is 19.1 Å². The first-order valence-electron chi connectivity index (χ1n) is 6.00. The van der Waals surface area contributed by atoms with E-state index in [0.29, 0.717) is 4.88 Å². The predicted octanol–water partition coefficient (Wildman–Crippen LogP) is 2.92. The minimum atomic E-state index is -1.10. The molecular weight excluding hydrogens is 313 g/mol. The number of carboxylic acids is 1. The standard InChI is InChI=1S/C14H12FNO3S2/c15-9-3-5-10(6-4-9)21-8-12(17)16-13(14(18)19)11-2-1-7-20-11/h1-7,13H,8H2,(H,16,17)(H,18,19). The Hall–Kier alpha value is -1.86. The summed E-state index contributed by atoms with van der Waals surface area (Å²) in [5.41, 5.74) is 0. The fraction of sp³-hybridized carbons (Fsp3) is 0.143. The van der Waals surface area contributed by atoms with Gasteiger partial charge in [-0.15, -0.1) is 23.1 Å². The second kappa shape index (κ2) is 7.24. The number of thiophene rings is 1. The van der Waals surface area contributed by atoms with Crippen molar-refractivity contribution in [2.24, 2.45) is 0 Å². The lowest BCUT2D eigenvalue weighted by atomic mass is 10.2. The highest BCUT2D eigenvalue weighted by Crippen LogP contribution is 2.21. The van der Waals surface area contributed by atoms with Gasteiger partial charge in [0.2, 0.25) is 5.91 Å². The Balaban J connectivity index is 1.91. The van der Waals surface area contributed by atoms with E-state index in [9.17, 15) is 14.0 Å². The fourth-order valence-corrected chi connectivity index (χ4v) is 3.07. The number of thioether (sulfide) groups is 1. The molecule has 2 N–H and O–H groups in total. The number of carbonyl (C=O) groups is 2. The maximum atomic E-state index is 12.8. The molecule has 0 spiro atoms. The zero-order valence-electron chi connectivity index (χ0n) is 10.8. The van der Waals surface area contributed by atoms with Gasteiger partial charge in [0.1, 0.15) is 5.82 Å². The quantitative estimate of drug-likeness (QED) is 0.802. The maximum Gasteiger partial charge on any atom is 0.331 e. The van der Waals surface area contributed by atoms with Gasteiger partial charge in [-0.3, -0.25) is 4.79 Å². The van der Waals surface area contributed by atoms with Gasteiger partial charge in [0.15, 0.2) is 6.04 Å². The van der Waals surface area contributed by atoms with Gasteiger partial charge in [0.25, 0.3) is 0 Å². The van der Waals surface area contributed by atoms with Crippen molar-refractivity contribution >= 4 is 35.0 Å². The van der Waals surface area contributed by atoms with Gasteiger partial charge in [-0.05, 0) is 35.7 Å². The van der Waals surface area contributed by atoms with Crippen molar-refractivity contribution in [1.29, 1.82) is 0 Å². The minimum Gasteiger partial charge on any atom is -0.479 e. The van der Waals surface area contributed by atoms with Crippen LogP contribution in [0.25, 0.3) is 0 Å². The summed E-state index contributed by atoms with van der Waals surface area (Å²) in [5, 5.41) is 13.4. The summed E-state index contributed by atoms with van der Waals surface area (Å²) in [7, 11) is 0. The molecule has 0 aliphatic heterocycles. The van der Waals surface area contributed by atoms with E-state index in [1.54, 1.807) is 29.6 Å². The van der Waals surface area contributed by atoms with Crippen LogP contribution in [-0.4, -0.2) is 22.7 Å². The van der Waals surface area contributed by atoms with Crippen molar-refractivity contribution in [2.75, 3.05) is 5.75 Å². The average Bonchev–Trinajstić information content (AvgIpc) is 2.97.